The molecule has 1 aromatic heterocycles. The topological polar surface area (TPSA) is 107 Å². The second-order valence-corrected chi connectivity index (χ2v) is 4.90. The summed E-state index contributed by atoms with van der Waals surface area (Å²) in [7, 11) is 0. The maximum absolute atomic E-state index is 12.1. The summed E-state index contributed by atoms with van der Waals surface area (Å²) in [5.74, 6) is -0.375. The van der Waals surface area contributed by atoms with Crippen LogP contribution in [0.25, 0.3) is 0 Å². The Morgan fingerprint density at radius 1 is 1.35 bits per heavy atom. The number of rotatable bonds is 6. The Morgan fingerprint density at radius 2 is 2.13 bits per heavy atom. The van der Waals surface area contributed by atoms with Gasteiger partial charge in [-0.2, -0.15) is 5.10 Å². The number of amides is 1. The molecule has 2 aromatic rings. The average molecular weight is 316 g/mol. The lowest BCUT2D eigenvalue weighted by Crippen LogP contribution is -2.28. The van der Waals surface area contributed by atoms with Crippen LogP contribution >= 0.6 is 0 Å². The molecule has 0 radical (unpaired) electrons. The molecular formula is C15H16N4O4. The van der Waals surface area contributed by atoms with E-state index in [1.807, 2.05) is 0 Å². The molecule has 1 aromatic carbocycles. The van der Waals surface area contributed by atoms with Gasteiger partial charge in [-0.25, -0.2) is 4.68 Å². The van der Waals surface area contributed by atoms with Crippen molar-refractivity contribution in [3.05, 3.63) is 68.1 Å². The number of nitrogens with zero attached hydrogens (tertiary/aromatic N) is 3. The van der Waals surface area contributed by atoms with Crippen molar-refractivity contribution in [3.63, 3.8) is 0 Å². The molecule has 1 N–H and O–H groups in total. The number of carbonyl (C=O) groups is 1. The minimum Gasteiger partial charge on any atom is -0.352 e. The fraction of sp³-hybridized carbons (Fsp3) is 0.267. The second kappa shape index (κ2) is 7.30. The fourth-order valence-electron chi connectivity index (χ4n) is 2.15. The van der Waals surface area contributed by atoms with Crippen LogP contribution in [-0.2, 0) is 6.54 Å². The zero-order valence-electron chi connectivity index (χ0n) is 12.6. The standard InChI is InChI=1S/C15H16N4O4/c1-11-12(5-2-6-13(11)19(22)23)15(21)16-8-4-10-18-14(20)7-3-9-17-18/h2-3,5-7,9H,4,8,10H2,1H3,(H,16,21). The number of benzene rings is 1. The number of nitro benzene ring substituents is 1. The van der Waals surface area contributed by atoms with Gasteiger partial charge in [-0.15, -0.1) is 0 Å². The van der Waals surface area contributed by atoms with Crippen LogP contribution in [0.4, 0.5) is 5.69 Å². The fourth-order valence-corrected chi connectivity index (χ4v) is 2.15. The molecule has 0 saturated carbocycles. The van der Waals surface area contributed by atoms with E-state index >= 15 is 0 Å². The molecule has 8 nitrogen and oxygen atoms in total. The van der Waals surface area contributed by atoms with Gasteiger partial charge in [0, 0.05) is 42.5 Å². The Balaban J connectivity index is 1.93. The summed E-state index contributed by atoms with van der Waals surface area (Å²) < 4.78 is 1.31. The van der Waals surface area contributed by atoms with Gasteiger partial charge < -0.3 is 5.32 Å². The molecule has 0 aliphatic rings. The van der Waals surface area contributed by atoms with E-state index in [0.29, 0.717) is 25.1 Å². The summed E-state index contributed by atoms with van der Waals surface area (Å²) in [6, 6.07) is 7.36. The van der Waals surface area contributed by atoms with Crippen LogP contribution < -0.4 is 10.9 Å². The molecule has 2 rings (SSSR count). The predicted molar refractivity (Wildman–Crippen MR) is 83.3 cm³/mol. The largest absolute Gasteiger partial charge is 0.352 e. The summed E-state index contributed by atoms with van der Waals surface area (Å²) in [4.78, 5) is 33.9. The number of nitrogens with one attached hydrogen (secondary N) is 1. The molecule has 23 heavy (non-hydrogen) atoms. The van der Waals surface area contributed by atoms with Gasteiger partial charge in [0.15, 0.2) is 0 Å². The highest BCUT2D eigenvalue weighted by molar-refractivity contribution is 5.96. The Morgan fingerprint density at radius 3 is 2.83 bits per heavy atom. The first kappa shape index (κ1) is 16.3. The SMILES string of the molecule is Cc1c(C(=O)NCCCn2ncccc2=O)cccc1[N+](=O)[O-]. The molecule has 1 heterocycles. The molecule has 8 heteroatoms. The van der Waals surface area contributed by atoms with Crippen LogP contribution in [0.1, 0.15) is 22.3 Å². The van der Waals surface area contributed by atoms with E-state index in [1.165, 1.54) is 29.1 Å². The van der Waals surface area contributed by atoms with E-state index < -0.39 is 4.92 Å². The van der Waals surface area contributed by atoms with Crippen molar-refractivity contribution >= 4 is 11.6 Å². The van der Waals surface area contributed by atoms with Crippen LogP contribution in [0, 0.1) is 17.0 Å². The van der Waals surface area contributed by atoms with Gasteiger partial charge in [0.2, 0.25) is 0 Å². The van der Waals surface area contributed by atoms with Crippen molar-refractivity contribution in [1.82, 2.24) is 15.1 Å². The van der Waals surface area contributed by atoms with Gasteiger partial charge in [-0.3, -0.25) is 19.7 Å². The normalized spacial score (nSPS) is 10.3. The first-order valence-electron chi connectivity index (χ1n) is 7.05. The molecule has 1 amide bonds. The lowest BCUT2D eigenvalue weighted by molar-refractivity contribution is -0.385. The monoisotopic (exact) mass is 316 g/mol. The molecule has 0 spiro atoms. The summed E-state index contributed by atoms with van der Waals surface area (Å²) in [5.41, 5.74) is 0.316. The highest BCUT2D eigenvalue weighted by Gasteiger charge is 2.17. The third-order valence-electron chi connectivity index (χ3n) is 3.36. The van der Waals surface area contributed by atoms with Crippen LogP contribution in [0.2, 0.25) is 0 Å². The van der Waals surface area contributed by atoms with Gasteiger partial charge in [0.1, 0.15) is 0 Å². The zero-order valence-corrected chi connectivity index (χ0v) is 12.6. The molecule has 0 bridgehead atoms. The summed E-state index contributed by atoms with van der Waals surface area (Å²) in [6.07, 6.45) is 2.04. The van der Waals surface area contributed by atoms with Gasteiger partial charge in [0.25, 0.3) is 17.2 Å². The summed E-state index contributed by atoms with van der Waals surface area (Å²) in [6.45, 7) is 2.26. The van der Waals surface area contributed by atoms with Gasteiger partial charge in [0.05, 0.1) is 4.92 Å². The van der Waals surface area contributed by atoms with Crippen molar-refractivity contribution in [3.8, 4) is 0 Å². The van der Waals surface area contributed by atoms with Crippen molar-refractivity contribution in [1.29, 1.82) is 0 Å². The minimum absolute atomic E-state index is 0.0855. The number of nitro groups is 1. The average Bonchev–Trinajstić information content (AvgIpc) is 2.52. The molecular weight excluding hydrogens is 300 g/mol. The Hall–Kier alpha value is -3.03. The van der Waals surface area contributed by atoms with Crippen molar-refractivity contribution in [2.45, 2.75) is 19.9 Å². The molecule has 0 aliphatic heterocycles. The maximum atomic E-state index is 12.1. The molecule has 120 valence electrons. The lowest BCUT2D eigenvalue weighted by Gasteiger charge is -2.08. The summed E-state index contributed by atoms with van der Waals surface area (Å²) in [5, 5.41) is 17.5. The van der Waals surface area contributed by atoms with E-state index in [1.54, 1.807) is 19.1 Å². The van der Waals surface area contributed by atoms with Gasteiger partial charge in [-0.1, -0.05) is 6.07 Å². The van der Waals surface area contributed by atoms with Crippen molar-refractivity contribution in [2.75, 3.05) is 6.54 Å². The van der Waals surface area contributed by atoms with Crippen molar-refractivity contribution in [2.24, 2.45) is 0 Å². The number of aryl methyl sites for hydroxylation is 1. The van der Waals surface area contributed by atoms with Crippen LogP contribution in [0.5, 0.6) is 0 Å². The Labute approximate surface area is 131 Å². The molecule has 0 aliphatic carbocycles. The first-order chi connectivity index (χ1) is 11.0. The Kier molecular flexibility index (Phi) is 5.19. The Bertz CT molecular complexity index is 785. The van der Waals surface area contributed by atoms with Gasteiger partial charge in [-0.05, 0) is 25.5 Å². The smallest absolute Gasteiger partial charge is 0.273 e. The maximum Gasteiger partial charge on any atom is 0.273 e. The third-order valence-corrected chi connectivity index (χ3v) is 3.36. The number of hydrogen-bond donors (Lipinski definition) is 1. The highest BCUT2D eigenvalue weighted by atomic mass is 16.6. The van der Waals surface area contributed by atoms with Crippen LogP contribution in [0.15, 0.2) is 41.3 Å². The van der Waals surface area contributed by atoms with Crippen LogP contribution in [0.3, 0.4) is 0 Å². The van der Waals surface area contributed by atoms with E-state index in [4.69, 9.17) is 0 Å². The molecule has 0 saturated heterocycles. The quantitative estimate of drug-likeness (QED) is 0.491. The number of aromatic nitrogens is 2. The summed E-state index contributed by atoms with van der Waals surface area (Å²) >= 11 is 0. The first-order valence-corrected chi connectivity index (χ1v) is 7.05. The van der Waals surface area contributed by atoms with E-state index in [-0.39, 0.29) is 22.7 Å². The minimum atomic E-state index is -0.514. The van der Waals surface area contributed by atoms with E-state index in [9.17, 15) is 19.7 Å². The predicted octanol–water partition coefficient (Wildman–Crippen LogP) is 1.28. The van der Waals surface area contributed by atoms with Crippen molar-refractivity contribution < 1.29 is 9.72 Å². The van der Waals surface area contributed by atoms with E-state index in [0.717, 1.165) is 0 Å². The zero-order chi connectivity index (χ0) is 16.8. The highest BCUT2D eigenvalue weighted by Crippen LogP contribution is 2.20. The number of carbonyl (C=O) groups excluding carboxylic acids is 1. The van der Waals surface area contributed by atoms with E-state index in [2.05, 4.69) is 10.4 Å². The van der Waals surface area contributed by atoms with Crippen LogP contribution in [-0.4, -0.2) is 27.2 Å². The molecule has 0 fully saturated rings. The molecule has 0 atom stereocenters. The third kappa shape index (κ3) is 4.00. The molecule has 0 unspecified atom stereocenters. The number of hydrogen-bond acceptors (Lipinski definition) is 5. The van der Waals surface area contributed by atoms with Gasteiger partial charge >= 0.3 is 0 Å². The second-order valence-electron chi connectivity index (χ2n) is 4.90. The lowest BCUT2D eigenvalue weighted by atomic mass is 10.1.